The van der Waals surface area contributed by atoms with Crippen LogP contribution in [0.1, 0.15) is 258 Å². The fourth-order valence-corrected chi connectivity index (χ4v) is 7.57. The van der Waals surface area contributed by atoms with Crippen molar-refractivity contribution in [2.75, 3.05) is 13.2 Å². The number of allylic oxidation sites excluding steroid dienone is 16. The van der Waals surface area contributed by atoms with Crippen LogP contribution in [0.15, 0.2) is 97.2 Å². The molecule has 6 heteroatoms. The molecule has 68 heavy (non-hydrogen) atoms. The van der Waals surface area contributed by atoms with E-state index < -0.39 is 6.10 Å². The summed E-state index contributed by atoms with van der Waals surface area (Å²) in [6.07, 6.45) is 73.9. The van der Waals surface area contributed by atoms with Gasteiger partial charge >= 0.3 is 17.9 Å². The van der Waals surface area contributed by atoms with Crippen molar-refractivity contribution in [3.05, 3.63) is 97.2 Å². The van der Waals surface area contributed by atoms with Gasteiger partial charge in [-0.25, -0.2) is 0 Å². The molecule has 388 valence electrons. The molecule has 0 heterocycles. The van der Waals surface area contributed by atoms with Crippen LogP contribution in [0.25, 0.3) is 0 Å². The zero-order valence-corrected chi connectivity index (χ0v) is 44.3. The molecule has 0 aliphatic heterocycles. The van der Waals surface area contributed by atoms with Crippen LogP contribution < -0.4 is 0 Å². The molecule has 0 aliphatic carbocycles. The van der Waals surface area contributed by atoms with Crippen molar-refractivity contribution in [2.45, 2.75) is 264 Å². The second-order valence-electron chi connectivity index (χ2n) is 18.5. The van der Waals surface area contributed by atoms with E-state index in [1.807, 2.05) is 0 Å². The smallest absolute Gasteiger partial charge is 0.306 e. The lowest BCUT2D eigenvalue weighted by Crippen LogP contribution is -2.30. The average molecular weight is 946 g/mol. The fraction of sp³-hybridized carbons (Fsp3) is 0.694. The van der Waals surface area contributed by atoms with Crippen LogP contribution >= 0.6 is 0 Å². The van der Waals surface area contributed by atoms with E-state index in [9.17, 15) is 14.4 Å². The number of hydrogen-bond acceptors (Lipinski definition) is 6. The molecule has 1 unspecified atom stereocenters. The van der Waals surface area contributed by atoms with Gasteiger partial charge in [0.25, 0.3) is 0 Å². The van der Waals surface area contributed by atoms with Gasteiger partial charge in [0.2, 0.25) is 0 Å². The molecule has 0 amide bonds. The van der Waals surface area contributed by atoms with Gasteiger partial charge in [0.15, 0.2) is 6.10 Å². The number of rotatable bonds is 50. The molecule has 0 aliphatic rings. The Kier molecular flexibility index (Phi) is 52.9. The number of unbranched alkanes of at least 4 members (excludes halogenated alkanes) is 24. The van der Waals surface area contributed by atoms with E-state index in [-0.39, 0.29) is 31.1 Å². The Morgan fingerprint density at radius 3 is 1.01 bits per heavy atom. The molecule has 0 aromatic rings. The van der Waals surface area contributed by atoms with Crippen LogP contribution in [0.4, 0.5) is 0 Å². The van der Waals surface area contributed by atoms with E-state index in [4.69, 9.17) is 14.2 Å². The molecule has 0 saturated heterocycles. The molecule has 6 nitrogen and oxygen atoms in total. The minimum absolute atomic E-state index is 0.0943. The van der Waals surface area contributed by atoms with Gasteiger partial charge in [0.1, 0.15) is 13.2 Å². The topological polar surface area (TPSA) is 78.9 Å². The third-order valence-electron chi connectivity index (χ3n) is 11.8. The van der Waals surface area contributed by atoms with Gasteiger partial charge in [-0.05, 0) is 116 Å². The maximum atomic E-state index is 12.9. The summed E-state index contributed by atoms with van der Waals surface area (Å²) in [4.78, 5) is 38.1. The first kappa shape index (κ1) is 64.3. The molecule has 0 fully saturated rings. The highest BCUT2D eigenvalue weighted by Crippen LogP contribution is 2.15. The van der Waals surface area contributed by atoms with Crippen LogP contribution in [0.2, 0.25) is 0 Å². The third-order valence-corrected chi connectivity index (χ3v) is 11.8. The minimum Gasteiger partial charge on any atom is -0.462 e. The Balaban J connectivity index is 4.44. The average Bonchev–Trinajstić information content (AvgIpc) is 3.34. The van der Waals surface area contributed by atoms with Crippen LogP contribution in [0.3, 0.4) is 0 Å². The van der Waals surface area contributed by atoms with Crippen molar-refractivity contribution in [2.24, 2.45) is 0 Å². The predicted molar refractivity (Wildman–Crippen MR) is 293 cm³/mol. The number of ether oxygens (including phenoxy) is 3. The molecule has 0 radical (unpaired) electrons. The normalized spacial score (nSPS) is 12.8. The van der Waals surface area contributed by atoms with Crippen molar-refractivity contribution >= 4 is 17.9 Å². The van der Waals surface area contributed by atoms with E-state index in [1.54, 1.807) is 0 Å². The first-order valence-corrected chi connectivity index (χ1v) is 28.3. The van der Waals surface area contributed by atoms with Crippen LogP contribution in [-0.4, -0.2) is 37.2 Å². The van der Waals surface area contributed by atoms with Crippen molar-refractivity contribution in [1.82, 2.24) is 0 Å². The second-order valence-corrected chi connectivity index (χ2v) is 18.5. The molecule has 0 aromatic carbocycles. The van der Waals surface area contributed by atoms with Crippen LogP contribution in [-0.2, 0) is 28.6 Å². The van der Waals surface area contributed by atoms with Crippen LogP contribution in [0.5, 0.6) is 0 Å². The van der Waals surface area contributed by atoms with E-state index in [1.165, 1.54) is 116 Å². The first-order chi connectivity index (χ1) is 33.5. The number of esters is 3. The molecule has 0 saturated carbocycles. The molecular weight excluding hydrogens is 841 g/mol. The summed E-state index contributed by atoms with van der Waals surface area (Å²) in [6.45, 7) is 6.44. The van der Waals surface area contributed by atoms with E-state index >= 15 is 0 Å². The Bertz CT molecular complexity index is 1360. The van der Waals surface area contributed by atoms with Crippen molar-refractivity contribution in [3.63, 3.8) is 0 Å². The Morgan fingerprint density at radius 2 is 0.618 bits per heavy atom. The van der Waals surface area contributed by atoms with E-state index in [2.05, 4.69) is 118 Å². The molecule has 1 atom stereocenters. The van der Waals surface area contributed by atoms with Crippen molar-refractivity contribution < 1.29 is 28.6 Å². The molecule has 0 bridgehead atoms. The van der Waals surface area contributed by atoms with Gasteiger partial charge in [0.05, 0.1) is 0 Å². The summed E-state index contributed by atoms with van der Waals surface area (Å²) in [6, 6.07) is 0. The maximum absolute atomic E-state index is 12.9. The first-order valence-electron chi connectivity index (χ1n) is 28.3. The summed E-state index contributed by atoms with van der Waals surface area (Å²) in [7, 11) is 0. The van der Waals surface area contributed by atoms with E-state index in [0.29, 0.717) is 19.3 Å². The van der Waals surface area contributed by atoms with Crippen molar-refractivity contribution in [3.8, 4) is 0 Å². The largest absolute Gasteiger partial charge is 0.462 e. The predicted octanol–water partition coefficient (Wildman–Crippen LogP) is 18.9. The quantitative estimate of drug-likeness (QED) is 0.0199. The fourth-order valence-electron chi connectivity index (χ4n) is 7.57. The standard InChI is InChI=1S/C62H104O6/c1-4-7-10-13-16-19-22-25-27-29-31-33-35-37-40-43-46-49-52-55-61(64)67-58-59(57-66-60(63)54-51-48-45-42-39-24-21-18-15-12-9-6-3)68-62(65)56-53-50-47-44-41-38-36-34-32-30-28-26-23-20-17-14-11-8-5-2/h7,10,16-21,23,25-27,31,33,37,40,59H,4-6,8-9,11-15,22,24,28-30,32,34-36,38-39,41-58H2,1-3H3/b10-7-,19-16-,20-17-,21-18-,26-23-,27-25-,33-31-,40-37-. The highest BCUT2D eigenvalue weighted by atomic mass is 16.6. The highest BCUT2D eigenvalue weighted by molar-refractivity contribution is 5.71. The monoisotopic (exact) mass is 945 g/mol. The summed E-state index contributed by atoms with van der Waals surface area (Å²) in [5, 5.41) is 0. The van der Waals surface area contributed by atoms with Crippen molar-refractivity contribution in [1.29, 1.82) is 0 Å². The van der Waals surface area contributed by atoms with Gasteiger partial charge in [-0.15, -0.1) is 0 Å². The van der Waals surface area contributed by atoms with Gasteiger partial charge in [-0.1, -0.05) is 221 Å². The third kappa shape index (κ3) is 53.3. The Hall–Kier alpha value is -3.67. The molecule has 0 aromatic heterocycles. The zero-order chi connectivity index (χ0) is 49.3. The zero-order valence-electron chi connectivity index (χ0n) is 44.3. The van der Waals surface area contributed by atoms with Gasteiger partial charge in [0, 0.05) is 19.3 Å². The highest BCUT2D eigenvalue weighted by Gasteiger charge is 2.19. The SMILES string of the molecule is CC/C=C\C/C=C\C/C=C\C/C=C\C/C=C\CCCCCC(=O)OCC(COC(=O)CCCCCCC/C=C\CCCCC)OC(=O)CCCCCCCCCCCC/C=C\C=C/CCCCC. The maximum Gasteiger partial charge on any atom is 0.306 e. The lowest BCUT2D eigenvalue weighted by Gasteiger charge is -2.18. The molecular formula is C62H104O6. The molecule has 0 spiro atoms. The molecule has 0 N–H and O–H groups in total. The van der Waals surface area contributed by atoms with Crippen LogP contribution in [0, 0.1) is 0 Å². The Labute approximate surface area is 419 Å². The van der Waals surface area contributed by atoms with Gasteiger partial charge in [-0.3, -0.25) is 14.4 Å². The summed E-state index contributed by atoms with van der Waals surface area (Å²) >= 11 is 0. The lowest BCUT2D eigenvalue weighted by molar-refractivity contribution is -0.167. The molecule has 0 rings (SSSR count). The van der Waals surface area contributed by atoms with E-state index in [0.717, 1.165) is 103 Å². The number of hydrogen-bond donors (Lipinski definition) is 0. The summed E-state index contributed by atoms with van der Waals surface area (Å²) < 4.78 is 16.8. The number of carbonyl (C=O) groups is 3. The Morgan fingerprint density at radius 1 is 0.324 bits per heavy atom. The lowest BCUT2D eigenvalue weighted by atomic mass is 10.1. The van der Waals surface area contributed by atoms with Gasteiger partial charge < -0.3 is 14.2 Å². The second kappa shape index (κ2) is 55.9. The van der Waals surface area contributed by atoms with Gasteiger partial charge in [-0.2, -0.15) is 0 Å². The minimum atomic E-state index is -0.797. The summed E-state index contributed by atoms with van der Waals surface area (Å²) in [5.41, 5.74) is 0. The summed E-state index contributed by atoms with van der Waals surface area (Å²) in [5.74, 6) is -0.938. The number of carbonyl (C=O) groups excluding carboxylic acids is 3.